The fourth-order valence-electron chi connectivity index (χ4n) is 0. The Hall–Kier alpha value is 2.43. The van der Waals surface area contributed by atoms with Crippen LogP contribution in [0.2, 0.25) is 0 Å². The first-order valence-corrected chi connectivity index (χ1v) is 0. The first-order valence-electron chi connectivity index (χ1n) is 0. The van der Waals surface area contributed by atoms with Gasteiger partial charge in [0.15, 0.2) is 0 Å². The van der Waals surface area contributed by atoms with E-state index in [-0.39, 0.29) is 88.6 Å². The van der Waals surface area contributed by atoms with Crippen LogP contribution in [0.3, 0.4) is 0 Å². The Kier molecular flexibility index (Phi) is 335. The van der Waals surface area contributed by atoms with Gasteiger partial charge in [0.1, 0.15) is 0 Å². The van der Waals surface area contributed by atoms with Gasteiger partial charge in [0, 0.05) is 57.3 Å². The minimum atomic E-state index is 0. The molecule has 0 saturated heterocycles. The van der Waals surface area contributed by atoms with Crippen molar-refractivity contribution in [1.82, 2.24) is 0 Å². The molecular formula is H5LaLiO2Ti. The van der Waals surface area contributed by atoms with Gasteiger partial charge in [0.2, 0.25) is 0 Å². The van der Waals surface area contributed by atoms with Gasteiger partial charge in [-0.05, 0) is 0 Å². The zero-order valence-corrected chi connectivity index (χ0v) is 8.26. The molecule has 0 atom stereocenters. The van der Waals surface area contributed by atoms with Crippen molar-refractivity contribution < 1.29 is 88.6 Å². The second kappa shape index (κ2) is 32.1. The van der Waals surface area contributed by atoms with E-state index in [0.29, 0.717) is 0 Å². The maximum atomic E-state index is 0. The third kappa shape index (κ3) is 21.4. The van der Waals surface area contributed by atoms with Gasteiger partial charge in [0.05, 0.1) is 0 Å². The van der Waals surface area contributed by atoms with E-state index in [1.165, 1.54) is 0 Å². The molecule has 0 heterocycles. The Balaban J connectivity index is 0. The first-order chi connectivity index (χ1) is 0. The van der Waals surface area contributed by atoms with Crippen molar-refractivity contribution in [3.8, 4) is 0 Å². The van der Waals surface area contributed by atoms with E-state index in [9.17, 15) is 0 Å². The molecular weight excluding hydrogens is 226 g/mol. The summed E-state index contributed by atoms with van der Waals surface area (Å²) in [5.41, 5.74) is 0. The van der Waals surface area contributed by atoms with Crippen molar-refractivity contribution in [3.63, 3.8) is 0 Å². The Morgan fingerprint density at radius 2 is 1.00 bits per heavy atom. The zero-order valence-electron chi connectivity index (χ0n) is 4.08. The van der Waals surface area contributed by atoms with E-state index in [1.54, 1.807) is 0 Å². The summed E-state index contributed by atoms with van der Waals surface area (Å²) in [6.07, 6.45) is 0. The van der Waals surface area contributed by atoms with Crippen LogP contribution in [0.1, 0.15) is 1.43 Å². The molecule has 0 aliphatic heterocycles. The van der Waals surface area contributed by atoms with Crippen LogP contribution in [0.5, 0.6) is 0 Å². The van der Waals surface area contributed by atoms with Crippen LogP contribution in [-0.4, -0.2) is 11.0 Å². The van der Waals surface area contributed by atoms with E-state index >= 15 is 0 Å². The molecule has 0 aromatic rings. The summed E-state index contributed by atoms with van der Waals surface area (Å²) in [7, 11) is 0. The van der Waals surface area contributed by atoms with Gasteiger partial charge < -0.3 is 12.4 Å². The van der Waals surface area contributed by atoms with Gasteiger partial charge in [0.25, 0.3) is 0 Å². The monoisotopic (exact) mass is 231 g/mol. The normalized spacial score (nSPS) is 0. The van der Waals surface area contributed by atoms with E-state index < -0.39 is 0 Å². The van der Waals surface area contributed by atoms with Crippen molar-refractivity contribution in [1.29, 1.82) is 0 Å². The van der Waals surface area contributed by atoms with Crippen molar-refractivity contribution in [3.05, 3.63) is 0 Å². The zero-order chi connectivity index (χ0) is 0. The summed E-state index contributed by atoms with van der Waals surface area (Å²) in [6, 6.07) is 0. The van der Waals surface area contributed by atoms with Crippen molar-refractivity contribution in [2.45, 2.75) is 0 Å². The standard InChI is InChI=1S/La.Li.2H2O.Ti.H/h;;2*1H2;;/q;+1;;;;-1. The molecule has 2 nitrogen and oxygen atoms in total. The summed E-state index contributed by atoms with van der Waals surface area (Å²) in [4.78, 5) is 0. The summed E-state index contributed by atoms with van der Waals surface area (Å²) in [5, 5.41) is 0. The molecule has 0 rings (SSSR count). The largest absolute Gasteiger partial charge is 1.00 e. The van der Waals surface area contributed by atoms with Gasteiger partial charge in [-0.15, -0.1) is 0 Å². The van der Waals surface area contributed by atoms with E-state index in [2.05, 4.69) is 0 Å². The summed E-state index contributed by atoms with van der Waals surface area (Å²) in [5.74, 6) is 0. The van der Waals surface area contributed by atoms with Crippen LogP contribution >= 0.6 is 0 Å². The number of rotatable bonds is 0. The predicted octanol–water partition coefficient (Wildman–Crippen LogP) is -4.54. The molecule has 5 heteroatoms. The third-order valence-electron chi connectivity index (χ3n) is 0. The molecule has 0 amide bonds. The Morgan fingerprint density at radius 1 is 1.00 bits per heavy atom. The maximum Gasteiger partial charge on any atom is 1.00 e. The number of hydrogen-bond acceptors (Lipinski definition) is 0. The molecule has 25 valence electrons. The molecule has 0 aliphatic carbocycles. The Morgan fingerprint density at radius 3 is 1.00 bits per heavy atom. The topological polar surface area (TPSA) is 63.0 Å². The average molecular weight is 231 g/mol. The minimum absolute atomic E-state index is 0. The van der Waals surface area contributed by atoms with Crippen LogP contribution in [0.15, 0.2) is 0 Å². The van der Waals surface area contributed by atoms with Crippen LogP contribution in [0, 0.1) is 35.6 Å². The molecule has 1 radical (unpaired) electrons. The Labute approximate surface area is 87.2 Å². The second-order valence-corrected chi connectivity index (χ2v) is 0. The van der Waals surface area contributed by atoms with Crippen LogP contribution in [-0.2, 0) is 21.7 Å². The molecule has 4 N–H and O–H groups in total. The molecule has 5 heavy (non-hydrogen) atoms. The van der Waals surface area contributed by atoms with Crippen molar-refractivity contribution in [2.75, 3.05) is 0 Å². The van der Waals surface area contributed by atoms with Gasteiger partial charge >= 0.3 is 18.9 Å². The molecule has 0 aromatic heterocycles. The van der Waals surface area contributed by atoms with Crippen molar-refractivity contribution >= 4 is 0 Å². The minimum Gasteiger partial charge on any atom is -1.00 e. The number of hydrogen-bond donors (Lipinski definition) is 0. The first kappa shape index (κ1) is 52.1. The molecule has 0 aromatic carbocycles. The Bertz CT molecular complexity index is 13.5. The van der Waals surface area contributed by atoms with Gasteiger partial charge in [-0.1, -0.05) is 0 Å². The van der Waals surface area contributed by atoms with Crippen molar-refractivity contribution in [2.24, 2.45) is 0 Å². The summed E-state index contributed by atoms with van der Waals surface area (Å²) < 4.78 is 0. The second-order valence-electron chi connectivity index (χ2n) is 0. The molecule has 0 unspecified atom stereocenters. The molecule has 0 spiro atoms. The summed E-state index contributed by atoms with van der Waals surface area (Å²) in [6.45, 7) is 0. The SMILES string of the molecule is O.O.[H-].[La].[Li+].[Ti]. The van der Waals surface area contributed by atoms with Gasteiger partial charge in [-0.25, -0.2) is 0 Å². The van der Waals surface area contributed by atoms with E-state index in [0.717, 1.165) is 0 Å². The molecule has 0 saturated carbocycles. The van der Waals surface area contributed by atoms with Crippen LogP contribution < -0.4 is 18.9 Å². The fourth-order valence-corrected chi connectivity index (χ4v) is 0. The quantitative estimate of drug-likeness (QED) is 0.377. The van der Waals surface area contributed by atoms with E-state index in [4.69, 9.17) is 0 Å². The molecule has 0 fully saturated rings. The average Bonchev–Trinajstić information content (AvgIpc) is 0. The third-order valence-corrected chi connectivity index (χ3v) is 0. The fraction of sp³-hybridized carbons (Fsp3) is 0. The predicted molar refractivity (Wildman–Crippen MR) is 8.34 cm³/mol. The van der Waals surface area contributed by atoms with Crippen LogP contribution in [0.25, 0.3) is 0 Å². The van der Waals surface area contributed by atoms with E-state index in [1.807, 2.05) is 0 Å². The summed E-state index contributed by atoms with van der Waals surface area (Å²) >= 11 is 0. The molecule has 0 bridgehead atoms. The van der Waals surface area contributed by atoms with Crippen LogP contribution in [0.4, 0.5) is 0 Å². The maximum absolute atomic E-state index is 0. The smallest absolute Gasteiger partial charge is 1.00 e. The van der Waals surface area contributed by atoms with Gasteiger partial charge in [-0.2, -0.15) is 0 Å². The molecule has 0 aliphatic rings. The van der Waals surface area contributed by atoms with Gasteiger partial charge in [-0.3, -0.25) is 0 Å².